The van der Waals surface area contributed by atoms with Crippen molar-refractivity contribution in [2.75, 3.05) is 37.7 Å². The van der Waals surface area contributed by atoms with Gasteiger partial charge < -0.3 is 24.2 Å². The number of benzene rings is 2. The number of anilines is 1. The number of hydrogen-bond donors (Lipinski definition) is 1. The lowest BCUT2D eigenvalue weighted by Crippen LogP contribution is -2.46. The van der Waals surface area contributed by atoms with Crippen LogP contribution in [0.1, 0.15) is 28.4 Å². The van der Waals surface area contributed by atoms with Crippen LogP contribution < -0.4 is 10.3 Å². The van der Waals surface area contributed by atoms with Gasteiger partial charge in [-0.1, -0.05) is 29.8 Å². The molecule has 0 saturated carbocycles. The lowest BCUT2D eigenvalue weighted by molar-refractivity contribution is -0.134. The Morgan fingerprint density at radius 3 is 2.47 bits per heavy atom. The second kappa shape index (κ2) is 9.14. The summed E-state index contributed by atoms with van der Waals surface area (Å²) in [5, 5.41) is 9.40. The molecule has 2 aliphatic heterocycles. The first-order valence-corrected chi connectivity index (χ1v) is 11.9. The van der Waals surface area contributed by atoms with Crippen LogP contribution in [-0.4, -0.2) is 59.3 Å². The molecule has 5 rings (SSSR count). The number of esters is 1. The monoisotopic (exact) mass is 491 g/mol. The number of piperazine rings is 1. The highest BCUT2D eigenvalue weighted by Gasteiger charge is 2.32. The molecule has 1 fully saturated rings. The summed E-state index contributed by atoms with van der Waals surface area (Å²) in [5.41, 5.74) is 3.07. The van der Waals surface area contributed by atoms with Crippen LogP contribution in [0.3, 0.4) is 0 Å². The molecule has 36 heavy (non-hydrogen) atoms. The molecule has 3 heterocycles. The molecule has 2 aromatic carbocycles. The van der Waals surface area contributed by atoms with Gasteiger partial charge in [0.15, 0.2) is 0 Å². The third kappa shape index (κ3) is 4.00. The second-order valence-electron chi connectivity index (χ2n) is 9.03. The summed E-state index contributed by atoms with van der Waals surface area (Å²) in [4.78, 5) is 40.6. The fraction of sp³-hybridized carbons (Fsp3) is 0.296. The van der Waals surface area contributed by atoms with Crippen molar-refractivity contribution in [3.8, 4) is 0 Å². The van der Waals surface area contributed by atoms with Gasteiger partial charge in [-0.2, -0.15) is 0 Å². The van der Waals surface area contributed by atoms with Gasteiger partial charge in [-0.25, -0.2) is 14.0 Å². The second-order valence-corrected chi connectivity index (χ2v) is 9.03. The molecule has 186 valence electrons. The molecular weight excluding hydrogens is 465 g/mol. The zero-order chi connectivity index (χ0) is 25.6. The van der Waals surface area contributed by atoms with Crippen molar-refractivity contribution in [2.45, 2.75) is 20.4 Å². The maximum atomic E-state index is 15.2. The van der Waals surface area contributed by atoms with Gasteiger partial charge in [0.2, 0.25) is 5.43 Å². The molecule has 3 aromatic rings. The third-order valence-corrected chi connectivity index (χ3v) is 6.86. The number of aryl methyl sites for hydroxylation is 2. The molecule has 1 N–H and O–H groups in total. The average Bonchev–Trinajstić information content (AvgIpc) is 3.25. The van der Waals surface area contributed by atoms with Gasteiger partial charge in [-0.15, -0.1) is 0 Å². The van der Waals surface area contributed by atoms with Gasteiger partial charge >= 0.3 is 11.9 Å². The Balaban J connectivity index is 1.44. The number of aromatic carboxylic acids is 1. The Morgan fingerprint density at radius 1 is 1.08 bits per heavy atom. The molecule has 0 bridgehead atoms. The summed E-state index contributed by atoms with van der Waals surface area (Å²) in [6.45, 7) is 6.59. The van der Waals surface area contributed by atoms with E-state index in [0.717, 1.165) is 22.9 Å². The average molecular weight is 492 g/mol. The van der Waals surface area contributed by atoms with E-state index in [4.69, 9.17) is 4.74 Å². The Labute approximate surface area is 206 Å². The molecule has 0 unspecified atom stereocenters. The zero-order valence-corrected chi connectivity index (χ0v) is 20.1. The number of carboxylic acids is 1. The minimum Gasteiger partial charge on any atom is -0.477 e. The number of nitrogens with zero attached hydrogens (tertiary/aromatic N) is 3. The van der Waals surface area contributed by atoms with Gasteiger partial charge in [0.1, 0.15) is 18.0 Å². The highest BCUT2D eigenvalue weighted by molar-refractivity contribution is 6.19. The summed E-state index contributed by atoms with van der Waals surface area (Å²) < 4.78 is 22.2. The fourth-order valence-electron chi connectivity index (χ4n) is 5.00. The van der Waals surface area contributed by atoms with Crippen molar-refractivity contribution in [1.29, 1.82) is 0 Å². The normalized spacial score (nSPS) is 16.1. The Morgan fingerprint density at radius 2 is 1.81 bits per heavy atom. The minimum absolute atomic E-state index is 0.0474. The van der Waals surface area contributed by atoms with E-state index in [1.807, 2.05) is 43.0 Å². The number of pyridine rings is 1. The Hall–Kier alpha value is -4.14. The Kier molecular flexibility index (Phi) is 5.99. The van der Waals surface area contributed by atoms with E-state index in [-0.39, 0.29) is 23.5 Å². The van der Waals surface area contributed by atoms with Crippen LogP contribution in [0.15, 0.2) is 53.1 Å². The first-order valence-electron chi connectivity index (χ1n) is 11.9. The zero-order valence-electron chi connectivity index (χ0n) is 20.1. The number of carbonyl (C=O) groups is 2. The van der Waals surface area contributed by atoms with E-state index in [0.29, 0.717) is 49.5 Å². The van der Waals surface area contributed by atoms with Crippen LogP contribution >= 0.6 is 0 Å². The third-order valence-electron chi connectivity index (χ3n) is 6.86. The number of cyclic esters (lactones) is 1. The van der Waals surface area contributed by atoms with Crippen molar-refractivity contribution in [3.05, 3.63) is 81.0 Å². The minimum atomic E-state index is -1.33. The van der Waals surface area contributed by atoms with Gasteiger partial charge in [0.05, 0.1) is 22.5 Å². The standard InChI is InChI=1S/C27H26FN3O5/c1-3-29-14-19(26(33)34)25(32)18-12-20(28)22(13-21(18)29)30-7-9-31(10-8-30)23-15-36-27(35)24(23)17-6-4-5-16(2)11-17/h4-6,11-14H,3,7-10,15H2,1-2H3,(H,33,34). The lowest BCUT2D eigenvalue weighted by atomic mass is 10.0. The number of carbonyl (C=O) groups excluding carboxylic acids is 1. The predicted octanol–water partition coefficient (Wildman–Crippen LogP) is 3.26. The van der Waals surface area contributed by atoms with Crippen LogP contribution in [0.2, 0.25) is 0 Å². The molecule has 1 aromatic heterocycles. The highest BCUT2D eigenvalue weighted by atomic mass is 19.1. The van der Waals surface area contributed by atoms with E-state index < -0.39 is 17.2 Å². The maximum Gasteiger partial charge on any atom is 0.341 e. The van der Waals surface area contributed by atoms with Crippen LogP contribution in [-0.2, 0) is 16.1 Å². The van der Waals surface area contributed by atoms with Gasteiger partial charge in [0, 0.05) is 44.3 Å². The first-order chi connectivity index (χ1) is 17.3. The summed E-state index contributed by atoms with van der Waals surface area (Å²) in [7, 11) is 0. The SMILES string of the molecule is CCn1cc(C(=O)O)c(=O)c2cc(F)c(N3CCN(C4=C(c5cccc(C)c5)C(=O)OC4)CC3)cc21. The fourth-order valence-corrected chi connectivity index (χ4v) is 5.00. The van der Waals surface area contributed by atoms with Crippen LogP contribution in [0, 0.1) is 12.7 Å². The van der Waals surface area contributed by atoms with E-state index in [1.54, 1.807) is 10.6 Å². The maximum absolute atomic E-state index is 15.2. The van der Waals surface area contributed by atoms with E-state index in [9.17, 15) is 19.5 Å². The summed E-state index contributed by atoms with van der Waals surface area (Å²) >= 11 is 0. The van der Waals surface area contributed by atoms with E-state index in [1.165, 1.54) is 6.20 Å². The number of rotatable bonds is 5. The topological polar surface area (TPSA) is 92.1 Å². The van der Waals surface area contributed by atoms with Gasteiger partial charge in [-0.3, -0.25) is 4.79 Å². The number of fused-ring (bicyclic) bond motifs is 1. The molecule has 9 heteroatoms. The first kappa shape index (κ1) is 23.6. The number of halogens is 1. The Bertz CT molecular complexity index is 1480. The predicted molar refractivity (Wildman–Crippen MR) is 134 cm³/mol. The molecule has 2 aliphatic rings. The highest BCUT2D eigenvalue weighted by Crippen LogP contribution is 2.31. The van der Waals surface area contributed by atoms with Gasteiger partial charge in [-0.05, 0) is 31.5 Å². The quantitative estimate of drug-likeness (QED) is 0.548. The number of aromatic nitrogens is 1. The van der Waals surface area contributed by atoms with Crippen LogP contribution in [0.5, 0.6) is 0 Å². The number of ether oxygens (including phenoxy) is 1. The lowest BCUT2D eigenvalue weighted by Gasteiger charge is -2.38. The van der Waals surface area contributed by atoms with Crippen molar-refractivity contribution >= 4 is 34.1 Å². The van der Waals surface area contributed by atoms with E-state index >= 15 is 4.39 Å². The molecular formula is C27H26FN3O5. The van der Waals surface area contributed by atoms with Crippen LogP contribution in [0.4, 0.5) is 10.1 Å². The molecule has 0 radical (unpaired) electrons. The largest absolute Gasteiger partial charge is 0.477 e. The van der Waals surface area contributed by atoms with Gasteiger partial charge in [0.25, 0.3) is 0 Å². The molecule has 1 saturated heterocycles. The van der Waals surface area contributed by atoms with E-state index in [2.05, 4.69) is 4.90 Å². The van der Waals surface area contributed by atoms with Crippen molar-refractivity contribution in [2.24, 2.45) is 0 Å². The van der Waals surface area contributed by atoms with Crippen molar-refractivity contribution < 1.29 is 23.8 Å². The van der Waals surface area contributed by atoms with Crippen molar-refractivity contribution in [3.63, 3.8) is 0 Å². The molecule has 0 amide bonds. The number of hydrogen-bond acceptors (Lipinski definition) is 6. The smallest absolute Gasteiger partial charge is 0.341 e. The molecule has 8 nitrogen and oxygen atoms in total. The van der Waals surface area contributed by atoms with Crippen molar-refractivity contribution in [1.82, 2.24) is 9.47 Å². The summed E-state index contributed by atoms with van der Waals surface area (Å²) in [6, 6.07) is 10.5. The summed E-state index contributed by atoms with van der Waals surface area (Å²) in [5.74, 6) is -2.24. The molecule has 0 spiro atoms. The van der Waals surface area contributed by atoms with Crippen LogP contribution in [0.25, 0.3) is 16.5 Å². The number of carboxylic acid groups (broad SMARTS) is 1. The molecule has 0 atom stereocenters. The summed E-state index contributed by atoms with van der Waals surface area (Å²) in [6.07, 6.45) is 1.31. The molecule has 0 aliphatic carbocycles.